The highest BCUT2D eigenvalue weighted by Gasteiger charge is 2.10. The summed E-state index contributed by atoms with van der Waals surface area (Å²) in [5, 5.41) is 8.88. The van der Waals surface area contributed by atoms with E-state index in [4.69, 9.17) is 9.47 Å². The number of carbonyl (C=O) groups excluding carboxylic acids is 2. The zero-order valence-corrected chi connectivity index (χ0v) is 18.7. The fraction of sp³-hybridized carbons (Fsp3) is 0.174. The lowest BCUT2D eigenvalue weighted by atomic mass is 10.1. The van der Waals surface area contributed by atoms with Crippen molar-refractivity contribution in [3.8, 4) is 11.5 Å². The summed E-state index contributed by atoms with van der Waals surface area (Å²) in [4.78, 5) is 24.2. The molecule has 0 heterocycles. The number of fused-ring (bicyclic) bond motifs is 1. The maximum Gasteiger partial charge on any atom is 0.240 e. The molecule has 0 spiro atoms. The molecule has 0 aliphatic rings. The summed E-state index contributed by atoms with van der Waals surface area (Å²) >= 11 is 3.40. The number of hydrogen-bond donors (Lipinski definition) is 2. The van der Waals surface area contributed by atoms with Gasteiger partial charge in [-0.2, -0.15) is 5.10 Å². The van der Waals surface area contributed by atoms with Gasteiger partial charge in [-0.25, -0.2) is 5.43 Å². The quantitative estimate of drug-likeness (QED) is 0.364. The van der Waals surface area contributed by atoms with Crippen molar-refractivity contribution in [1.29, 1.82) is 0 Å². The molecule has 0 bridgehead atoms. The van der Waals surface area contributed by atoms with Gasteiger partial charge in [0.05, 0.1) is 24.9 Å². The molecule has 8 heteroatoms. The molecular formula is C23H22BrN3O4. The van der Waals surface area contributed by atoms with E-state index in [1.165, 1.54) is 13.3 Å². The van der Waals surface area contributed by atoms with Crippen molar-refractivity contribution < 1.29 is 19.1 Å². The van der Waals surface area contributed by atoms with Crippen LogP contribution in [0, 0.1) is 0 Å². The Hall–Kier alpha value is -3.39. The van der Waals surface area contributed by atoms with Crippen LogP contribution in [0.15, 0.2) is 64.2 Å². The molecule has 160 valence electrons. The third-order valence-electron chi connectivity index (χ3n) is 4.47. The number of benzene rings is 3. The van der Waals surface area contributed by atoms with Gasteiger partial charge < -0.3 is 14.8 Å². The predicted molar refractivity (Wildman–Crippen MR) is 125 cm³/mol. The summed E-state index contributed by atoms with van der Waals surface area (Å²) in [5.41, 5.74) is 3.83. The first-order chi connectivity index (χ1) is 15.0. The largest absolute Gasteiger partial charge is 0.493 e. The number of hydrazone groups is 1. The van der Waals surface area contributed by atoms with Crippen LogP contribution >= 0.6 is 15.9 Å². The minimum absolute atomic E-state index is 0.0202. The smallest absolute Gasteiger partial charge is 0.240 e. The topological polar surface area (TPSA) is 89.0 Å². The van der Waals surface area contributed by atoms with E-state index in [1.54, 1.807) is 19.2 Å². The first-order valence-corrected chi connectivity index (χ1v) is 10.3. The van der Waals surface area contributed by atoms with Gasteiger partial charge in [-0.15, -0.1) is 0 Å². The summed E-state index contributed by atoms with van der Waals surface area (Å²) in [5.74, 6) is 0.513. The lowest BCUT2D eigenvalue weighted by Crippen LogP contribution is -2.20. The third kappa shape index (κ3) is 6.05. The number of amides is 2. The second-order valence-electron chi connectivity index (χ2n) is 6.64. The number of nitrogens with zero attached hydrogens (tertiary/aromatic N) is 1. The average Bonchev–Trinajstić information content (AvgIpc) is 2.77. The molecule has 0 atom stereocenters. The van der Waals surface area contributed by atoms with E-state index < -0.39 is 0 Å². The minimum Gasteiger partial charge on any atom is -0.493 e. The van der Waals surface area contributed by atoms with Crippen LogP contribution in [0.2, 0.25) is 0 Å². The Morgan fingerprint density at radius 1 is 0.968 bits per heavy atom. The molecule has 31 heavy (non-hydrogen) atoms. The van der Waals surface area contributed by atoms with Gasteiger partial charge in [0.2, 0.25) is 11.8 Å². The Balaban J connectivity index is 1.49. The SMILES string of the molecule is COc1cc(/C=N\NC(=O)CCC(=O)Nc2ccc3ccccc3c2)cc(Br)c1OC. The number of rotatable bonds is 8. The maximum absolute atomic E-state index is 12.2. The summed E-state index contributed by atoms with van der Waals surface area (Å²) in [7, 11) is 3.09. The van der Waals surface area contributed by atoms with Crippen molar-refractivity contribution in [2.24, 2.45) is 5.10 Å². The van der Waals surface area contributed by atoms with E-state index >= 15 is 0 Å². The number of carbonyl (C=O) groups is 2. The lowest BCUT2D eigenvalue weighted by Gasteiger charge is -2.10. The number of ether oxygens (including phenoxy) is 2. The molecule has 2 amide bonds. The van der Waals surface area contributed by atoms with Crippen molar-refractivity contribution >= 4 is 50.4 Å². The highest BCUT2D eigenvalue weighted by atomic mass is 79.9. The van der Waals surface area contributed by atoms with Gasteiger partial charge in [0.1, 0.15) is 0 Å². The third-order valence-corrected chi connectivity index (χ3v) is 5.06. The molecule has 2 N–H and O–H groups in total. The lowest BCUT2D eigenvalue weighted by molar-refractivity contribution is -0.124. The molecule has 7 nitrogen and oxygen atoms in total. The van der Waals surface area contributed by atoms with E-state index in [0.717, 1.165) is 10.8 Å². The molecule has 0 saturated heterocycles. The normalized spacial score (nSPS) is 10.8. The summed E-state index contributed by atoms with van der Waals surface area (Å²) < 4.78 is 11.2. The van der Waals surface area contributed by atoms with E-state index in [1.807, 2.05) is 42.5 Å². The molecule has 0 aromatic heterocycles. The van der Waals surface area contributed by atoms with Crippen LogP contribution < -0.4 is 20.2 Å². The average molecular weight is 484 g/mol. The first-order valence-electron chi connectivity index (χ1n) is 9.52. The number of nitrogens with one attached hydrogen (secondary N) is 2. The van der Waals surface area contributed by atoms with Crippen LogP contribution in [-0.2, 0) is 9.59 Å². The van der Waals surface area contributed by atoms with E-state index in [9.17, 15) is 9.59 Å². The van der Waals surface area contributed by atoms with Gasteiger partial charge in [-0.1, -0.05) is 30.3 Å². The standard InChI is InChI=1S/C23H22BrN3O4/c1-30-20-12-15(11-19(24)23(20)31-2)14-25-27-22(29)10-9-21(28)26-18-8-7-16-5-3-4-6-17(16)13-18/h3-8,11-14H,9-10H2,1-2H3,(H,26,28)(H,27,29)/b25-14-. The molecule has 3 aromatic rings. The van der Waals surface area contributed by atoms with Crippen molar-refractivity contribution in [3.05, 3.63) is 64.6 Å². The molecule has 0 saturated carbocycles. The van der Waals surface area contributed by atoms with Crippen LogP contribution in [0.5, 0.6) is 11.5 Å². The van der Waals surface area contributed by atoms with Crippen LogP contribution in [0.3, 0.4) is 0 Å². The fourth-order valence-corrected chi connectivity index (χ4v) is 3.59. The van der Waals surface area contributed by atoms with Crippen molar-refractivity contribution in [3.63, 3.8) is 0 Å². The highest BCUT2D eigenvalue weighted by Crippen LogP contribution is 2.35. The summed E-state index contributed by atoms with van der Waals surface area (Å²) in [6.45, 7) is 0. The van der Waals surface area contributed by atoms with E-state index in [0.29, 0.717) is 27.2 Å². The molecule has 0 aliphatic carbocycles. The van der Waals surface area contributed by atoms with Gasteiger partial charge in [-0.05, 0) is 56.5 Å². The Morgan fingerprint density at radius 2 is 1.71 bits per heavy atom. The molecule has 0 radical (unpaired) electrons. The van der Waals surface area contributed by atoms with E-state index in [-0.39, 0.29) is 24.7 Å². The minimum atomic E-state index is -0.357. The predicted octanol–water partition coefficient (Wildman–Crippen LogP) is 4.49. The first kappa shape index (κ1) is 22.3. The Morgan fingerprint density at radius 3 is 2.45 bits per heavy atom. The van der Waals surface area contributed by atoms with Crippen molar-refractivity contribution in [2.45, 2.75) is 12.8 Å². The zero-order valence-electron chi connectivity index (χ0n) is 17.1. The molecule has 3 rings (SSSR count). The van der Waals surface area contributed by atoms with Crippen LogP contribution in [0.4, 0.5) is 5.69 Å². The van der Waals surface area contributed by atoms with Crippen molar-refractivity contribution in [2.75, 3.05) is 19.5 Å². The zero-order chi connectivity index (χ0) is 22.2. The number of halogens is 1. The maximum atomic E-state index is 12.2. The molecular weight excluding hydrogens is 462 g/mol. The monoisotopic (exact) mass is 483 g/mol. The molecule has 0 aliphatic heterocycles. The number of methoxy groups -OCH3 is 2. The second kappa shape index (κ2) is 10.6. The Bertz CT molecular complexity index is 1130. The van der Waals surface area contributed by atoms with Gasteiger partial charge in [-0.3, -0.25) is 9.59 Å². The highest BCUT2D eigenvalue weighted by molar-refractivity contribution is 9.10. The van der Waals surface area contributed by atoms with Gasteiger partial charge in [0.25, 0.3) is 0 Å². The van der Waals surface area contributed by atoms with Crippen LogP contribution in [0.1, 0.15) is 18.4 Å². The van der Waals surface area contributed by atoms with Gasteiger partial charge in [0.15, 0.2) is 11.5 Å². The summed E-state index contributed by atoms with van der Waals surface area (Å²) in [6, 6.07) is 17.1. The molecule has 0 fully saturated rings. The summed E-state index contributed by atoms with van der Waals surface area (Å²) in [6.07, 6.45) is 1.56. The molecule has 3 aromatic carbocycles. The van der Waals surface area contributed by atoms with Gasteiger partial charge >= 0.3 is 0 Å². The van der Waals surface area contributed by atoms with E-state index in [2.05, 4.69) is 31.8 Å². The van der Waals surface area contributed by atoms with Crippen LogP contribution in [0.25, 0.3) is 10.8 Å². The Kier molecular flexibility index (Phi) is 7.61. The van der Waals surface area contributed by atoms with Gasteiger partial charge in [0, 0.05) is 18.5 Å². The molecule has 0 unspecified atom stereocenters. The number of anilines is 1. The van der Waals surface area contributed by atoms with Crippen molar-refractivity contribution in [1.82, 2.24) is 5.43 Å². The fourth-order valence-electron chi connectivity index (χ4n) is 2.96. The number of hydrogen-bond acceptors (Lipinski definition) is 5. The van der Waals surface area contributed by atoms with Crippen LogP contribution in [-0.4, -0.2) is 32.2 Å². The second-order valence-corrected chi connectivity index (χ2v) is 7.50. The Labute approximate surface area is 188 Å².